The summed E-state index contributed by atoms with van der Waals surface area (Å²) in [6, 6.07) is 14.8. The molecule has 29 heavy (non-hydrogen) atoms. The number of fused-ring (bicyclic) bond motifs is 1. The van der Waals surface area contributed by atoms with E-state index >= 15 is 0 Å². The second-order valence-corrected chi connectivity index (χ2v) is 7.84. The lowest BCUT2D eigenvalue weighted by atomic mass is 10.1. The zero-order valence-electron chi connectivity index (χ0n) is 16.5. The maximum atomic E-state index is 13.2. The molecule has 7 heteroatoms. The Labute approximate surface area is 172 Å². The SMILES string of the molecule is Cc1cccc(Cn2cnc3c2c(=O)n(C(C)C)c(=O)n3-c2cccc(Cl)c2)c1. The van der Waals surface area contributed by atoms with Crippen molar-refractivity contribution in [1.82, 2.24) is 18.7 Å². The summed E-state index contributed by atoms with van der Waals surface area (Å²) >= 11 is 6.15. The van der Waals surface area contributed by atoms with E-state index in [1.165, 1.54) is 9.13 Å². The Balaban J connectivity index is 2.03. The molecule has 0 radical (unpaired) electrons. The second kappa shape index (κ2) is 7.37. The number of halogens is 1. The first-order valence-electron chi connectivity index (χ1n) is 9.40. The number of imidazole rings is 1. The van der Waals surface area contributed by atoms with Crippen molar-refractivity contribution in [3.63, 3.8) is 0 Å². The van der Waals surface area contributed by atoms with Gasteiger partial charge in [0.2, 0.25) is 0 Å². The van der Waals surface area contributed by atoms with Crippen LogP contribution in [-0.4, -0.2) is 18.7 Å². The van der Waals surface area contributed by atoms with Crippen molar-refractivity contribution in [2.75, 3.05) is 0 Å². The number of nitrogens with zero attached hydrogens (tertiary/aromatic N) is 4. The quantitative estimate of drug-likeness (QED) is 0.513. The van der Waals surface area contributed by atoms with Crippen LogP contribution in [0.3, 0.4) is 0 Å². The molecular formula is C22H21ClN4O2. The highest BCUT2D eigenvalue weighted by Gasteiger charge is 2.20. The molecule has 2 aromatic heterocycles. The third-order valence-electron chi connectivity index (χ3n) is 4.87. The molecule has 0 amide bonds. The molecule has 0 saturated carbocycles. The summed E-state index contributed by atoms with van der Waals surface area (Å²) in [6.45, 7) is 6.15. The maximum absolute atomic E-state index is 13.2. The molecule has 0 atom stereocenters. The number of hydrogen-bond donors (Lipinski definition) is 0. The van der Waals surface area contributed by atoms with Crippen LogP contribution in [-0.2, 0) is 6.54 Å². The highest BCUT2D eigenvalue weighted by atomic mass is 35.5. The molecule has 2 aromatic carbocycles. The van der Waals surface area contributed by atoms with Crippen molar-refractivity contribution in [2.24, 2.45) is 0 Å². The summed E-state index contributed by atoms with van der Waals surface area (Å²) in [7, 11) is 0. The van der Waals surface area contributed by atoms with Gasteiger partial charge in [0.25, 0.3) is 5.56 Å². The average molecular weight is 409 g/mol. The molecule has 0 N–H and O–H groups in total. The Morgan fingerprint density at radius 3 is 2.52 bits per heavy atom. The number of aryl methyl sites for hydroxylation is 1. The summed E-state index contributed by atoms with van der Waals surface area (Å²) in [5.41, 5.74) is 2.71. The minimum atomic E-state index is -0.430. The van der Waals surface area contributed by atoms with Crippen LogP contribution >= 0.6 is 11.6 Å². The minimum Gasteiger partial charge on any atom is -0.320 e. The lowest BCUT2D eigenvalue weighted by Crippen LogP contribution is -2.41. The highest BCUT2D eigenvalue weighted by molar-refractivity contribution is 6.30. The van der Waals surface area contributed by atoms with E-state index in [4.69, 9.17) is 11.6 Å². The van der Waals surface area contributed by atoms with E-state index in [0.717, 1.165) is 11.1 Å². The van der Waals surface area contributed by atoms with E-state index in [2.05, 4.69) is 11.1 Å². The number of rotatable bonds is 4. The Bertz CT molecular complexity index is 1330. The first-order chi connectivity index (χ1) is 13.9. The van der Waals surface area contributed by atoms with Crippen molar-refractivity contribution in [3.05, 3.63) is 91.8 Å². The Morgan fingerprint density at radius 1 is 1.07 bits per heavy atom. The smallest absolute Gasteiger partial charge is 0.320 e. The predicted octanol–water partition coefficient (Wildman–Crippen LogP) is 3.94. The van der Waals surface area contributed by atoms with Gasteiger partial charge in [-0.05, 0) is 44.5 Å². The number of aromatic nitrogens is 4. The molecule has 0 aliphatic carbocycles. The molecule has 148 valence electrons. The van der Waals surface area contributed by atoms with Crippen molar-refractivity contribution in [2.45, 2.75) is 33.4 Å². The Hall–Kier alpha value is -3.12. The highest BCUT2D eigenvalue weighted by Crippen LogP contribution is 2.18. The zero-order valence-corrected chi connectivity index (χ0v) is 17.2. The summed E-state index contributed by atoms with van der Waals surface area (Å²) in [6.07, 6.45) is 1.61. The molecule has 4 aromatic rings. The number of benzene rings is 2. The van der Waals surface area contributed by atoms with Gasteiger partial charge in [0.05, 0.1) is 12.0 Å². The van der Waals surface area contributed by atoms with Gasteiger partial charge in [0, 0.05) is 17.6 Å². The molecule has 0 unspecified atom stereocenters. The molecule has 0 aliphatic heterocycles. The van der Waals surface area contributed by atoms with E-state index in [1.54, 1.807) is 35.2 Å². The summed E-state index contributed by atoms with van der Waals surface area (Å²) < 4.78 is 4.51. The predicted molar refractivity (Wildman–Crippen MR) is 115 cm³/mol. The third-order valence-corrected chi connectivity index (χ3v) is 5.10. The third kappa shape index (κ3) is 3.40. The molecule has 6 nitrogen and oxygen atoms in total. The van der Waals surface area contributed by atoms with Crippen LogP contribution in [0.15, 0.2) is 64.4 Å². The lowest BCUT2D eigenvalue weighted by Gasteiger charge is -2.15. The van der Waals surface area contributed by atoms with Crippen LogP contribution in [0, 0.1) is 6.92 Å². The molecule has 0 aliphatic rings. The Morgan fingerprint density at radius 2 is 1.83 bits per heavy atom. The van der Waals surface area contributed by atoms with Crippen LogP contribution in [0.4, 0.5) is 0 Å². The van der Waals surface area contributed by atoms with Gasteiger partial charge in [-0.3, -0.25) is 9.36 Å². The topological polar surface area (TPSA) is 61.8 Å². The molecule has 0 saturated heterocycles. The fourth-order valence-electron chi connectivity index (χ4n) is 3.58. The summed E-state index contributed by atoms with van der Waals surface area (Å²) in [5, 5.41) is 0.504. The molecule has 4 rings (SSSR count). The normalized spacial score (nSPS) is 11.5. The van der Waals surface area contributed by atoms with Gasteiger partial charge >= 0.3 is 5.69 Å². The van der Waals surface area contributed by atoms with Crippen LogP contribution in [0.2, 0.25) is 5.02 Å². The van der Waals surface area contributed by atoms with Gasteiger partial charge in [-0.25, -0.2) is 14.3 Å². The van der Waals surface area contributed by atoms with Crippen molar-refractivity contribution < 1.29 is 0 Å². The summed E-state index contributed by atoms with van der Waals surface area (Å²) in [4.78, 5) is 30.9. The minimum absolute atomic E-state index is 0.299. The van der Waals surface area contributed by atoms with E-state index in [-0.39, 0.29) is 11.6 Å². The van der Waals surface area contributed by atoms with E-state index in [1.807, 2.05) is 39.0 Å². The first-order valence-corrected chi connectivity index (χ1v) is 9.78. The number of hydrogen-bond acceptors (Lipinski definition) is 3. The molecular weight excluding hydrogens is 388 g/mol. The maximum Gasteiger partial charge on any atom is 0.337 e. The fourth-order valence-corrected chi connectivity index (χ4v) is 3.77. The summed E-state index contributed by atoms with van der Waals surface area (Å²) in [5.74, 6) is 0. The van der Waals surface area contributed by atoms with Crippen molar-refractivity contribution in [1.29, 1.82) is 0 Å². The standard InChI is InChI=1S/C22H21ClN4O2/c1-14(2)26-21(28)19-20(27(22(26)29)18-9-5-8-17(23)11-18)24-13-25(19)12-16-7-4-6-15(3)10-16/h4-11,13-14H,12H2,1-3H3. The van der Waals surface area contributed by atoms with Gasteiger partial charge in [0.1, 0.15) is 0 Å². The van der Waals surface area contributed by atoms with E-state index in [9.17, 15) is 9.59 Å². The van der Waals surface area contributed by atoms with Gasteiger partial charge in [-0.1, -0.05) is 47.5 Å². The Kier molecular flexibility index (Phi) is 4.88. The van der Waals surface area contributed by atoms with Crippen LogP contribution in [0.5, 0.6) is 0 Å². The average Bonchev–Trinajstić information content (AvgIpc) is 3.05. The van der Waals surface area contributed by atoms with Gasteiger partial charge in [-0.2, -0.15) is 0 Å². The van der Waals surface area contributed by atoms with Gasteiger partial charge in [0.15, 0.2) is 11.2 Å². The largest absolute Gasteiger partial charge is 0.337 e. The van der Waals surface area contributed by atoms with E-state index < -0.39 is 5.69 Å². The zero-order chi connectivity index (χ0) is 20.7. The van der Waals surface area contributed by atoms with E-state index in [0.29, 0.717) is 28.4 Å². The lowest BCUT2D eigenvalue weighted by molar-refractivity contribution is 0.539. The second-order valence-electron chi connectivity index (χ2n) is 7.40. The van der Waals surface area contributed by atoms with Crippen LogP contribution in [0.1, 0.15) is 31.0 Å². The van der Waals surface area contributed by atoms with Crippen molar-refractivity contribution >= 4 is 22.8 Å². The van der Waals surface area contributed by atoms with Gasteiger partial charge < -0.3 is 4.57 Å². The fraction of sp³-hybridized carbons (Fsp3) is 0.227. The monoisotopic (exact) mass is 408 g/mol. The molecule has 0 spiro atoms. The van der Waals surface area contributed by atoms with Crippen LogP contribution < -0.4 is 11.2 Å². The molecule has 0 bridgehead atoms. The van der Waals surface area contributed by atoms with Gasteiger partial charge in [-0.15, -0.1) is 0 Å². The van der Waals surface area contributed by atoms with Crippen LogP contribution in [0.25, 0.3) is 16.9 Å². The molecule has 0 fully saturated rings. The first kappa shape index (κ1) is 19.2. The van der Waals surface area contributed by atoms with Crippen molar-refractivity contribution in [3.8, 4) is 5.69 Å². The molecule has 2 heterocycles.